The molecular formula is C20H22N2O5S2. The van der Waals surface area contributed by atoms with E-state index in [4.69, 9.17) is 4.74 Å². The number of amides is 2. The summed E-state index contributed by atoms with van der Waals surface area (Å²) in [7, 11) is -2.19. The molecule has 0 saturated carbocycles. The van der Waals surface area contributed by atoms with Crippen molar-refractivity contribution in [2.75, 3.05) is 29.2 Å². The number of rotatable bonds is 6. The van der Waals surface area contributed by atoms with Crippen molar-refractivity contribution in [3.8, 4) is 5.75 Å². The lowest BCUT2D eigenvalue weighted by molar-refractivity contribution is -0.119. The molecule has 29 heavy (non-hydrogen) atoms. The van der Waals surface area contributed by atoms with Gasteiger partial charge in [0.15, 0.2) is 9.84 Å². The highest BCUT2D eigenvalue weighted by Gasteiger charge is 2.25. The maximum absolute atomic E-state index is 12.8. The Morgan fingerprint density at radius 2 is 2.07 bits per heavy atom. The van der Waals surface area contributed by atoms with E-state index in [1.807, 2.05) is 0 Å². The highest BCUT2D eigenvalue weighted by Crippen LogP contribution is 2.33. The Morgan fingerprint density at radius 3 is 2.83 bits per heavy atom. The molecule has 0 bridgehead atoms. The average molecular weight is 435 g/mol. The largest absolute Gasteiger partial charge is 0.497 e. The summed E-state index contributed by atoms with van der Waals surface area (Å²) in [6.45, 7) is 1.56. The lowest BCUT2D eigenvalue weighted by atomic mass is 10.2. The molecule has 0 radical (unpaired) electrons. The van der Waals surface area contributed by atoms with Gasteiger partial charge >= 0.3 is 0 Å². The number of benzene rings is 2. The van der Waals surface area contributed by atoms with Crippen molar-refractivity contribution >= 4 is 44.8 Å². The molecule has 9 heteroatoms. The van der Waals surface area contributed by atoms with E-state index >= 15 is 0 Å². The number of hydrogen-bond acceptors (Lipinski definition) is 6. The molecule has 0 aliphatic carbocycles. The smallest absolute Gasteiger partial charge is 0.228 e. The molecule has 0 spiro atoms. The first-order valence-electron chi connectivity index (χ1n) is 9.03. The van der Waals surface area contributed by atoms with Gasteiger partial charge in [0.2, 0.25) is 11.8 Å². The molecule has 0 saturated heterocycles. The van der Waals surface area contributed by atoms with Gasteiger partial charge in [0.1, 0.15) is 5.75 Å². The van der Waals surface area contributed by atoms with Crippen LogP contribution in [0.1, 0.15) is 13.3 Å². The highest BCUT2D eigenvalue weighted by molar-refractivity contribution is 7.99. The zero-order valence-corrected chi connectivity index (χ0v) is 17.7. The van der Waals surface area contributed by atoms with Crippen LogP contribution >= 0.6 is 11.8 Å². The Morgan fingerprint density at radius 1 is 1.28 bits per heavy atom. The summed E-state index contributed by atoms with van der Waals surface area (Å²) < 4.78 is 30.8. The second-order valence-electron chi connectivity index (χ2n) is 6.71. The molecule has 1 heterocycles. The summed E-state index contributed by atoms with van der Waals surface area (Å²) in [6.07, 6.45) is 0.378. The van der Waals surface area contributed by atoms with Gasteiger partial charge in [-0.05, 0) is 30.3 Å². The van der Waals surface area contributed by atoms with Crippen LogP contribution in [0.4, 0.5) is 11.4 Å². The number of methoxy groups -OCH3 is 1. The predicted octanol–water partition coefficient (Wildman–Crippen LogP) is 3.18. The fourth-order valence-corrected chi connectivity index (χ4v) is 5.37. The van der Waals surface area contributed by atoms with Crippen LogP contribution in [0.2, 0.25) is 0 Å². The Bertz CT molecular complexity index is 1040. The molecule has 2 aromatic carbocycles. The number of carbonyl (C=O) groups is 2. The quantitative estimate of drug-likeness (QED) is 0.724. The minimum Gasteiger partial charge on any atom is -0.497 e. The third-order valence-corrected chi connectivity index (χ3v) is 7.41. The van der Waals surface area contributed by atoms with Gasteiger partial charge in [-0.1, -0.05) is 13.0 Å². The second kappa shape index (κ2) is 8.87. The zero-order valence-electron chi connectivity index (χ0n) is 16.1. The van der Waals surface area contributed by atoms with Crippen LogP contribution in [-0.4, -0.2) is 38.8 Å². The Kier molecular flexibility index (Phi) is 6.49. The van der Waals surface area contributed by atoms with Crippen LogP contribution in [-0.2, 0) is 19.4 Å². The van der Waals surface area contributed by atoms with E-state index in [1.54, 1.807) is 37.3 Å². The first kappa shape index (κ1) is 21.2. The SMILES string of the molecule is COc1cccc(NC(=O)[C@H](C)CS(=O)(=O)c2ccc3c(c2)NC(=O)CCS3)c1. The Labute approximate surface area is 174 Å². The minimum absolute atomic E-state index is 0.0834. The van der Waals surface area contributed by atoms with Gasteiger partial charge in [-0.3, -0.25) is 9.59 Å². The molecule has 2 N–H and O–H groups in total. The van der Waals surface area contributed by atoms with Gasteiger partial charge < -0.3 is 15.4 Å². The summed E-state index contributed by atoms with van der Waals surface area (Å²) in [5, 5.41) is 5.45. The molecular weight excluding hydrogens is 412 g/mol. The van der Waals surface area contributed by atoms with E-state index < -0.39 is 21.7 Å². The van der Waals surface area contributed by atoms with Crippen LogP contribution in [0.25, 0.3) is 0 Å². The number of ether oxygens (including phenoxy) is 1. The zero-order chi connectivity index (χ0) is 21.0. The molecule has 154 valence electrons. The summed E-state index contributed by atoms with van der Waals surface area (Å²) in [4.78, 5) is 25.1. The topological polar surface area (TPSA) is 102 Å². The van der Waals surface area contributed by atoms with Crippen LogP contribution in [0, 0.1) is 5.92 Å². The van der Waals surface area contributed by atoms with Crippen molar-refractivity contribution in [2.24, 2.45) is 5.92 Å². The van der Waals surface area contributed by atoms with Gasteiger partial charge in [0, 0.05) is 34.7 Å². The molecule has 2 aromatic rings. The Balaban J connectivity index is 1.73. The lowest BCUT2D eigenvalue weighted by Crippen LogP contribution is -2.27. The number of hydrogen-bond donors (Lipinski definition) is 2. The molecule has 1 aliphatic rings. The van der Waals surface area contributed by atoms with Crippen LogP contribution in [0.15, 0.2) is 52.3 Å². The third-order valence-electron chi connectivity index (χ3n) is 4.43. The maximum Gasteiger partial charge on any atom is 0.228 e. The molecule has 0 fully saturated rings. The first-order chi connectivity index (χ1) is 13.8. The van der Waals surface area contributed by atoms with Crippen molar-refractivity contribution in [1.82, 2.24) is 0 Å². The van der Waals surface area contributed by atoms with Gasteiger partial charge in [-0.15, -0.1) is 11.8 Å². The summed E-state index contributed by atoms with van der Waals surface area (Å²) in [6, 6.07) is 11.5. The van der Waals surface area contributed by atoms with E-state index in [1.165, 1.54) is 31.0 Å². The third kappa shape index (κ3) is 5.30. The van der Waals surface area contributed by atoms with Gasteiger partial charge in [-0.2, -0.15) is 0 Å². The Hall–Kier alpha value is -2.52. The number of carbonyl (C=O) groups excluding carboxylic acids is 2. The van der Waals surface area contributed by atoms with E-state index in [9.17, 15) is 18.0 Å². The maximum atomic E-state index is 12.8. The number of thioether (sulfide) groups is 1. The van der Waals surface area contributed by atoms with Crippen molar-refractivity contribution < 1.29 is 22.7 Å². The van der Waals surface area contributed by atoms with Crippen molar-refractivity contribution in [3.05, 3.63) is 42.5 Å². The second-order valence-corrected chi connectivity index (χ2v) is 9.88. The standard InChI is InChI=1S/C20H22N2O5S2/c1-13(20(24)21-14-4-3-5-15(10-14)27-2)12-29(25,26)16-6-7-18-17(11-16)22-19(23)8-9-28-18/h3-7,10-11,13H,8-9,12H2,1-2H3,(H,21,24)(H,22,23)/t13-/m1/s1. The monoisotopic (exact) mass is 434 g/mol. The molecule has 0 unspecified atom stereocenters. The number of anilines is 2. The summed E-state index contributed by atoms with van der Waals surface area (Å²) >= 11 is 1.50. The average Bonchev–Trinajstić information content (AvgIpc) is 2.87. The van der Waals surface area contributed by atoms with Crippen LogP contribution in [0.3, 0.4) is 0 Å². The molecule has 7 nitrogen and oxygen atoms in total. The highest BCUT2D eigenvalue weighted by atomic mass is 32.2. The van der Waals surface area contributed by atoms with E-state index in [2.05, 4.69) is 10.6 Å². The van der Waals surface area contributed by atoms with Crippen LogP contribution < -0.4 is 15.4 Å². The van der Waals surface area contributed by atoms with Gasteiger partial charge in [0.05, 0.1) is 23.4 Å². The first-order valence-corrected chi connectivity index (χ1v) is 11.7. The van der Waals surface area contributed by atoms with Gasteiger partial charge in [-0.25, -0.2) is 8.42 Å². The number of fused-ring (bicyclic) bond motifs is 1. The molecule has 2 amide bonds. The van der Waals surface area contributed by atoms with Crippen molar-refractivity contribution in [3.63, 3.8) is 0 Å². The fourth-order valence-electron chi connectivity index (χ4n) is 2.86. The van der Waals surface area contributed by atoms with Crippen molar-refractivity contribution in [1.29, 1.82) is 0 Å². The molecule has 1 aliphatic heterocycles. The van der Waals surface area contributed by atoms with E-state index in [0.717, 1.165) is 4.90 Å². The minimum atomic E-state index is -3.72. The normalized spacial score (nSPS) is 14.9. The van der Waals surface area contributed by atoms with Crippen LogP contribution in [0.5, 0.6) is 5.75 Å². The van der Waals surface area contributed by atoms with E-state index in [0.29, 0.717) is 29.3 Å². The number of sulfone groups is 1. The summed E-state index contributed by atoms with van der Waals surface area (Å²) in [5.41, 5.74) is 1.02. The molecule has 0 aromatic heterocycles. The fraction of sp³-hybridized carbons (Fsp3) is 0.300. The summed E-state index contributed by atoms with van der Waals surface area (Å²) in [5.74, 6) is -0.422. The van der Waals surface area contributed by atoms with Crippen molar-refractivity contribution in [2.45, 2.75) is 23.1 Å². The van der Waals surface area contributed by atoms with E-state index in [-0.39, 0.29) is 16.6 Å². The molecule has 3 rings (SSSR count). The van der Waals surface area contributed by atoms with Gasteiger partial charge in [0.25, 0.3) is 0 Å². The number of nitrogens with one attached hydrogen (secondary N) is 2. The predicted molar refractivity (Wildman–Crippen MR) is 113 cm³/mol. The lowest BCUT2D eigenvalue weighted by Gasteiger charge is -2.14. The molecule has 1 atom stereocenters.